The Morgan fingerprint density at radius 2 is 2.15 bits per heavy atom. The molecule has 0 saturated heterocycles. The molecule has 3 heteroatoms. The molecule has 3 nitrogen and oxygen atoms in total. The quantitative estimate of drug-likeness (QED) is 0.501. The molecule has 1 aliphatic rings. The Morgan fingerprint density at radius 3 is 2.62 bits per heavy atom. The van der Waals surface area contributed by atoms with Gasteiger partial charge in [0.15, 0.2) is 0 Å². The Kier molecular flexibility index (Phi) is 1.46. The van der Waals surface area contributed by atoms with E-state index in [1.807, 2.05) is 0 Å². The van der Waals surface area contributed by atoms with Gasteiger partial charge in [-0.1, -0.05) is 6.07 Å². The van der Waals surface area contributed by atoms with E-state index in [0.29, 0.717) is 5.69 Å². The molecule has 66 valence electrons. The highest BCUT2D eigenvalue weighted by molar-refractivity contribution is 5.56. The second-order valence-corrected chi connectivity index (χ2v) is 3.47. The predicted molar refractivity (Wildman–Crippen MR) is 49.0 cm³/mol. The summed E-state index contributed by atoms with van der Waals surface area (Å²) in [6.07, 6.45) is 1.79. The lowest BCUT2D eigenvalue weighted by Crippen LogP contribution is -2.02. The summed E-state index contributed by atoms with van der Waals surface area (Å²) in [4.78, 5) is 0. The zero-order valence-corrected chi connectivity index (χ0v) is 7.12. The molecule has 1 fully saturated rings. The van der Waals surface area contributed by atoms with E-state index in [1.165, 1.54) is 0 Å². The molecule has 1 saturated carbocycles. The normalized spacial score (nSPS) is 17.8. The SMILES string of the molecule is N#CC1(c2ccc(O)c(N)c2)CC1. The van der Waals surface area contributed by atoms with E-state index in [4.69, 9.17) is 11.0 Å². The number of nitriles is 1. The molecule has 0 aliphatic heterocycles. The van der Waals surface area contributed by atoms with Gasteiger partial charge in [0.1, 0.15) is 5.75 Å². The summed E-state index contributed by atoms with van der Waals surface area (Å²) in [6.45, 7) is 0. The third-order valence-corrected chi connectivity index (χ3v) is 2.54. The smallest absolute Gasteiger partial charge is 0.138 e. The number of phenols is 1. The van der Waals surface area contributed by atoms with Crippen molar-refractivity contribution in [2.45, 2.75) is 18.3 Å². The molecular weight excluding hydrogens is 164 g/mol. The van der Waals surface area contributed by atoms with Crippen molar-refractivity contribution in [1.82, 2.24) is 0 Å². The zero-order chi connectivity index (χ0) is 9.47. The molecule has 1 aliphatic carbocycles. The summed E-state index contributed by atoms with van der Waals surface area (Å²) in [6, 6.07) is 7.27. The Hall–Kier alpha value is -1.69. The van der Waals surface area contributed by atoms with Gasteiger partial charge in [0.2, 0.25) is 0 Å². The monoisotopic (exact) mass is 174 g/mol. The minimum atomic E-state index is -0.318. The number of phenolic OH excluding ortho intramolecular Hbond substituents is 1. The molecule has 0 amide bonds. The first kappa shape index (κ1) is 7.93. The molecule has 2 rings (SSSR count). The highest BCUT2D eigenvalue weighted by atomic mass is 16.3. The van der Waals surface area contributed by atoms with Gasteiger partial charge in [-0.2, -0.15) is 5.26 Å². The first-order chi connectivity index (χ1) is 6.18. The van der Waals surface area contributed by atoms with Crippen molar-refractivity contribution >= 4 is 5.69 Å². The maximum Gasteiger partial charge on any atom is 0.138 e. The van der Waals surface area contributed by atoms with E-state index in [2.05, 4.69) is 6.07 Å². The number of rotatable bonds is 1. The third-order valence-electron chi connectivity index (χ3n) is 2.54. The van der Waals surface area contributed by atoms with Gasteiger partial charge >= 0.3 is 0 Å². The number of nitrogen functional groups attached to an aromatic ring is 1. The van der Waals surface area contributed by atoms with Crippen molar-refractivity contribution in [3.8, 4) is 11.8 Å². The first-order valence-electron chi connectivity index (χ1n) is 4.18. The van der Waals surface area contributed by atoms with E-state index < -0.39 is 0 Å². The van der Waals surface area contributed by atoms with E-state index >= 15 is 0 Å². The molecular formula is C10H10N2O. The van der Waals surface area contributed by atoms with E-state index in [0.717, 1.165) is 18.4 Å². The summed E-state index contributed by atoms with van der Waals surface area (Å²) in [7, 11) is 0. The molecule has 0 unspecified atom stereocenters. The fourth-order valence-corrected chi connectivity index (χ4v) is 1.44. The number of aromatic hydroxyl groups is 1. The van der Waals surface area contributed by atoms with Crippen molar-refractivity contribution < 1.29 is 5.11 Å². The molecule has 3 N–H and O–H groups in total. The lowest BCUT2D eigenvalue weighted by Gasteiger charge is -2.07. The third kappa shape index (κ3) is 1.11. The van der Waals surface area contributed by atoms with Crippen LogP contribution in [0.25, 0.3) is 0 Å². The van der Waals surface area contributed by atoms with Crippen LogP contribution >= 0.6 is 0 Å². The maximum atomic E-state index is 9.19. The zero-order valence-electron chi connectivity index (χ0n) is 7.12. The van der Waals surface area contributed by atoms with E-state index in [1.54, 1.807) is 18.2 Å². The van der Waals surface area contributed by atoms with Crippen molar-refractivity contribution in [3.63, 3.8) is 0 Å². The Bertz CT molecular complexity index is 388. The fourth-order valence-electron chi connectivity index (χ4n) is 1.44. The van der Waals surface area contributed by atoms with Crippen LogP contribution in [0, 0.1) is 11.3 Å². The van der Waals surface area contributed by atoms with Crippen LogP contribution in [0.5, 0.6) is 5.75 Å². The minimum Gasteiger partial charge on any atom is -0.506 e. The minimum absolute atomic E-state index is 0.0810. The standard InChI is InChI=1S/C10H10N2O/c11-6-10(3-4-10)7-1-2-9(13)8(12)5-7/h1-2,5,13H,3-4,12H2. The predicted octanol–water partition coefficient (Wildman–Crippen LogP) is 1.53. The number of anilines is 1. The number of nitrogens with zero attached hydrogens (tertiary/aromatic N) is 1. The summed E-state index contributed by atoms with van der Waals surface area (Å²) >= 11 is 0. The molecule has 1 aromatic rings. The molecule has 13 heavy (non-hydrogen) atoms. The highest BCUT2D eigenvalue weighted by Gasteiger charge is 2.44. The fraction of sp³-hybridized carbons (Fsp3) is 0.300. The topological polar surface area (TPSA) is 70.0 Å². The molecule has 1 aromatic carbocycles. The molecule has 0 bridgehead atoms. The van der Waals surface area contributed by atoms with Crippen LogP contribution in [-0.4, -0.2) is 5.11 Å². The lowest BCUT2D eigenvalue weighted by atomic mass is 9.97. The number of benzene rings is 1. The second-order valence-electron chi connectivity index (χ2n) is 3.47. The average Bonchev–Trinajstić information content (AvgIpc) is 2.90. The average molecular weight is 174 g/mol. The van der Waals surface area contributed by atoms with Crippen LogP contribution in [0.15, 0.2) is 18.2 Å². The Morgan fingerprint density at radius 1 is 1.46 bits per heavy atom. The van der Waals surface area contributed by atoms with E-state index in [9.17, 15) is 5.11 Å². The second kappa shape index (κ2) is 2.40. The van der Waals surface area contributed by atoms with Crippen molar-refractivity contribution in [2.24, 2.45) is 0 Å². The Labute approximate surface area is 76.4 Å². The molecule has 0 radical (unpaired) electrons. The maximum absolute atomic E-state index is 9.19. The van der Waals surface area contributed by atoms with Gasteiger partial charge in [-0.15, -0.1) is 0 Å². The Balaban J connectivity index is 2.44. The summed E-state index contributed by atoms with van der Waals surface area (Å²) in [5, 5.41) is 18.1. The first-order valence-corrected chi connectivity index (χ1v) is 4.18. The van der Waals surface area contributed by atoms with Crippen LogP contribution in [0.3, 0.4) is 0 Å². The van der Waals surface area contributed by atoms with Crippen LogP contribution < -0.4 is 5.73 Å². The van der Waals surface area contributed by atoms with Crippen LogP contribution in [0.1, 0.15) is 18.4 Å². The van der Waals surface area contributed by atoms with Gasteiger partial charge in [-0.25, -0.2) is 0 Å². The van der Waals surface area contributed by atoms with Gasteiger partial charge in [-0.05, 0) is 30.5 Å². The van der Waals surface area contributed by atoms with E-state index in [-0.39, 0.29) is 11.2 Å². The van der Waals surface area contributed by atoms with Crippen molar-refractivity contribution in [2.75, 3.05) is 5.73 Å². The highest BCUT2D eigenvalue weighted by Crippen LogP contribution is 2.48. The van der Waals surface area contributed by atoms with Crippen LogP contribution in [0.4, 0.5) is 5.69 Å². The molecule has 0 spiro atoms. The number of hydrogen-bond donors (Lipinski definition) is 2. The summed E-state index contributed by atoms with van der Waals surface area (Å²) in [5.74, 6) is 0.0810. The lowest BCUT2D eigenvalue weighted by molar-refractivity contribution is 0.477. The van der Waals surface area contributed by atoms with Crippen LogP contribution in [-0.2, 0) is 5.41 Å². The summed E-state index contributed by atoms with van der Waals surface area (Å²) < 4.78 is 0. The number of hydrogen-bond acceptors (Lipinski definition) is 3. The molecule has 0 aromatic heterocycles. The van der Waals surface area contributed by atoms with Crippen LogP contribution in [0.2, 0.25) is 0 Å². The van der Waals surface area contributed by atoms with Gasteiger partial charge in [0.05, 0.1) is 17.2 Å². The van der Waals surface area contributed by atoms with Gasteiger partial charge in [0.25, 0.3) is 0 Å². The van der Waals surface area contributed by atoms with Gasteiger partial charge < -0.3 is 10.8 Å². The molecule has 0 atom stereocenters. The summed E-state index contributed by atoms with van der Waals surface area (Å²) in [5.41, 5.74) is 6.49. The van der Waals surface area contributed by atoms with Gasteiger partial charge in [0, 0.05) is 0 Å². The van der Waals surface area contributed by atoms with Crippen molar-refractivity contribution in [3.05, 3.63) is 23.8 Å². The molecule has 0 heterocycles. The van der Waals surface area contributed by atoms with Gasteiger partial charge in [-0.3, -0.25) is 0 Å². The largest absolute Gasteiger partial charge is 0.506 e. The van der Waals surface area contributed by atoms with Crippen molar-refractivity contribution in [1.29, 1.82) is 5.26 Å². The number of nitrogens with two attached hydrogens (primary N) is 1.